The second-order valence-corrected chi connectivity index (χ2v) is 5.00. The molecule has 19 heavy (non-hydrogen) atoms. The van der Waals surface area contributed by atoms with Gasteiger partial charge in [-0.15, -0.1) is 0 Å². The lowest BCUT2D eigenvalue weighted by molar-refractivity contribution is 0.101. The molecule has 0 bridgehead atoms. The van der Waals surface area contributed by atoms with Crippen LogP contribution in [0.4, 0.5) is 10.5 Å². The summed E-state index contributed by atoms with van der Waals surface area (Å²) in [5, 5.41) is 2.66. The van der Waals surface area contributed by atoms with E-state index in [1.54, 1.807) is 6.92 Å². The zero-order chi connectivity index (χ0) is 13.4. The third-order valence-electron chi connectivity index (χ3n) is 3.65. The van der Waals surface area contributed by atoms with Crippen LogP contribution in [0, 0.1) is 0 Å². The molecule has 1 amide bonds. The van der Waals surface area contributed by atoms with E-state index in [0.717, 1.165) is 24.2 Å². The number of nitrogens with one attached hydrogen (secondary N) is 1. The number of anilines is 1. The van der Waals surface area contributed by atoms with Crippen LogP contribution in [-0.4, -0.2) is 37.6 Å². The fourth-order valence-corrected chi connectivity index (χ4v) is 2.66. The van der Waals surface area contributed by atoms with Crippen LogP contribution >= 0.6 is 0 Å². The smallest absolute Gasteiger partial charge is 0.407 e. The maximum atomic E-state index is 11.4. The molecule has 3 rings (SSSR count). The van der Waals surface area contributed by atoms with Crippen LogP contribution in [0.3, 0.4) is 0 Å². The predicted molar refractivity (Wildman–Crippen MR) is 70.6 cm³/mol. The maximum Gasteiger partial charge on any atom is 0.407 e. The van der Waals surface area contributed by atoms with Crippen LogP contribution in [-0.2, 0) is 11.2 Å². The first-order valence-corrected chi connectivity index (χ1v) is 6.47. The highest BCUT2D eigenvalue weighted by molar-refractivity contribution is 5.94. The molecule has 5 heteroatoms. The van der Waals surface area contributed by atoms with Gasteiger partial charge in [-0.25, -0.2) is 4.79 Å². The van der Waals surface area contributed by atoms with Crippen molar-refractivity contribution in [1.82, 2.24) is 5.32 Å². The normalized spacial score (nSPS) is 21.0. The number of alkyl carbamates (subject to hydrolysis) is 1. The van der Waals surface area contributed by atoms with Crippen molar-refractivity contribution < 1.29 is 14.3 Å². The summed E-state index contributed by atoms with van der Waals surface area (Å²) in [7, 11) is 0. The van der Waals surface area contributed by atoms with E-state index >= 15 is 0 Å². The van der Waals surface area contributed by atoms with Gasteiger partial charge in [0.15, 0.2) is 5.78 Å². The molecule has 0 spiro atoms. The van der Waals surface area contributed by atoms with Gasteiger partial charge < -0.3 is 15.0 Å². The molecule has 1 unspecified atom stereocenters. The Kier molecular flexibility index (Phi) is 2.89. The minimum absolute atomic E-state index is 0.0917. The Labute approximate surface area is 111 Å². The van der Waals surface area contributed by atoms with Gasteiger partial charge >= 0.3 is 6.09 Å². The zero-order valence-corrected chi connectivity index (χ0v) is 10.8. The summed E-state index contributed by atoms with van der Waals surface area (Å²) in [5.41, 5.74) is 3.10. The highest BCUT2D eigenvalue weighted by Gasteiger charge is 2.28. The van der Waals surface area contributed by atoms with E-state index in [0.29, 0.717) is 13.1 Å². The lowest BCUT2D eigenvalue weighted by Crippen LogP contribution is -2.33. The number of cyclic esters (lactones) is 1. The summed E-state index contributed by atoms with van der Waals surface area (Å²) in [6.07, 6.45) is 0.507. The standard InChI is InChI=1S/C14H16N2O3/c1-9(17)10-2-3-13-11(6-10)4-5-16(13)8-12-7-15-14(18)19-12/h2-3,6,12H,4-5,7-8H2,1H3,(H,15,18). The maximum absolute atomic E-state index is 11.4. The van der Waals surface area contributed by atoms with Gasteiger partial charge in [0.25, 0.3) is 0 Å². The molecule has 1 saturated heterocycles. The largest absolute Gasteiger partial charge is 0.442 e. The van der Waals surface area contributed by atoms with Crippen LogP contribution in [0.15, 0.2) is 18.2 Å². The number of carbonyl (C=O) groups is 2. The van der Waals surface area contributed by atoms with Crippen molar-refractivity contribution in [2.45, 2.75) is 19.4 Å². The zero-order valence-electron chi connectivity index (χ0n) is 10.8. The Morgan fingerprint density at radius 3 is 3.05 bits per heavy atom. The molecule has 1 aromatic rings. The number of amides is 1. The van der Waals surface area contributed by atoms with E-state index < -0.39 is 0 Å². The number of carbonyl (C=O) groups excluding carboxylic acids is 2. The van der Waals surface area contributed by atoms with Gasteiger partial charge in [0.05, 0.1) is 13.1 Å². The second-order valence-electron chi connectivity index (χ2n) is 5.00. The van der Waals surface area contributed by atoms with Gasteiger partial charge in [0.1, 0.15) is 6.10 Å². The number of ether oxygens (including phenoxy) is 1. The van der Waals surface area contributed by atoms with Crippen molar-refractivity contribution in [2.24, 2.45) is 0 Å². The van der Waals surface area contributed by atoms with Gasteiger partial charge in [-0.05, 0) is 37.1 Å². The van der Waals surface area contributed by atoms with E-state index in [-0.39, 0.29) is 18.0 Å². The Morgan fingerprint density at radius 1 is 1.53 bits per heavy atom. The summed E-state index contributed by atoms with van der Waals surface area (Å²) >= 11 is 0. The lowest BCUT2D eigenvalue weighted by atomic mass is 10.1. The Hall–Kier alpha value is -2.04. The molecule has 1 fully saturated rings. The van der Waals surface area contributed by atoms with Crippen LogP contribution in [0.5, 0.6) is 0 Å². The Balaban J connectivity index is 1.75. The Bertz CT molecular complexity index is 541. The van der Waals surface area contributed by atoms with Gasteiger partial charge in [-0.1, -0.05) is 0 Å². The predicted octanol–water partition coefficient (Wildman–Crippen LogP) is 1.36. The monoisotopic (exact) mass is 260 g/mol. The molecule has 0 radical (unpaired) electrons. The summed E-state index contributed by atoms with van der Waals surface area (Å²) in [5.74, 6) is 0.0928. The molecule has 100 valence electrons. The van der Waals surface area contributed by atoms with Crippen molar-refractivity contribution in [2.75, 3.05) is 24.5 Å². The van der Waals surface area contributed by atoms with E-state index in [9.17, 15) is 9.59 Å². The summed E-state index contributed by atoms with van der Waals surface area (Å²) in [6.45, 7) is 3.75. The molecule has 2 aliphatic rings. The van der Waals surface area contributed by atoms with Crippen LogP contribution in [0.25, 0.3) is 0 Å². The van der Waals surface area contributed by atoms with Gasteiger partial charge in [0.2, 0.25) is 0 Å². The van der Waals surface area contributed by atoms with E-state index in [1.807, 2.05) is 18.2 Å². The first-order valence-electron chi connectivity index (χ1n) is 6.47. The second kappa shape index (κ2) is 4.57. The summed E-state index contributed by atoms with van der Waals surface area (Å²) in [6, 6.07) is 5.82. The average molecular weight is 260 g/mol. The number of ketones is 1. The van der Waals surface area contributed by atoms with Gasteiger partial charge in [-0.2, -0.15) is 0 Å². The molecule has 0 aromatic heterocycles. The van der Waals surface area contributed by atoms with Crippen LogP contribution < -0.4 is 10.2 Å². The highest BCUT2D eigenvalue weighted by atomic mass is 16.6. The highest BCUT2D eigenvalue weighted by Crippen LogP contribution is 2.29. The number of fused-ring (bicyclic) bond motifs is 1. The van der Waals surface area contributed by atoms with Crippen LogP contribution in [0.1, 0.15) is 22.8 Å². The fourth-order valence-electron chi connectivity index (χ4n) is 2.66. The molecule has 0 aliphatic carbocycles. The molecule has 1 N–H and O–H groups in total. The molecule has 1 atom stereocenters. The molecule has 2 heterocycles. The number of benzene rings is 1. The quantitative estimate of drug-likeness (QED) is 0.834. The van der Waals surface area contributed by atoms with Crippen LogP contribution in [0.2, 0.25) is 0 Å². The molecule has 0 saturated carbocycles. The molecular formula is C14H16N2O3. The number of nitrogens with zero attached hydrogens (tertiary/aromatic N) is 1. The van der Waals surface area contributed by atoms with Gasteiger partial charge in [0, 0.05) is 17.8 Å². The first kappa shape index (κ1) is 12.0. The summed E-state index contributed by atoms with van der Waals surface area (Å²) in [4.78, 5) is 24.6. The third kappa shape index (κ3) is 2.28. The van der Waals surface area contributed by atoms with E-state index in [1.165, 1.54) is 5.56 Å². The van der Waals surface area contributed by atoms with E-state index in [4.69, 9.17) is 4.74 Å². The number of hydrogen-bond acceptors (Lipinski definition) is 4. The Morgan fingerprint density at radius 2 is 2.37 bits per heavy atom. The fraction of sp³-hybridized carbons (Fsp3) is 0.429. The van der Waals surface area contributed by atoms with Crippen molar-refractivity contribution in [3.63, 3.8) is 0 Å². The third-order valence-corrected chi connectivity index (χ3v) is 3.65. The minimum Gasteiger partial charge on any atom is -0.442 e. The summed E-state index contributed by atoms with van der Waals surface area (Å²) < 4.78 is 5.15. The molecule has 1 aromatic carbocycles. The van der Waals surface area contributed by atoms with Crippen molar-refractivity contribution in [1.29, 1.82) is 0 Å². The average Bonchev–Trinajstić information content (AvgIpc) is 2.96. The van der Waals surface area contributed by atoms with Crippen molar-refractivity contribution >= 4 is 17.6 Å². The first-order chi connectivity index (χ1) is 9.13. The topological polar surface area (TPSA) is 58.6 Å². The minimum atomic E-state index is -0.337. The molecule has 5 nitrogen and oxygen atoms in total. The van der Waals surface area contributed by atoms with Gasteiger partial charge in [-0.3, -0.25) is 4.79 Å². The number of hydrogen-bond donors (Lipinski definition) is 1. The number of rotatable bonds is 3. The lowest BCUT2D eigenvalue weighted by Gasteiger charge is -2.22. The number of Topliss-reactive ketones (excluding diaryl/α,β-unsaturated/α-hetero) is 1. The molecular weight excluding hydrogens is 244 g/mol. The SMILES string of the molecule is CC(=O)c1ccc2c(c1)CCN2CC1CNC(=O)O1. The van der Waals surface area contributed by atoms with Crippen molar-refractivity contribution in [3.8, 4) is 0 Å². The van der Waals surface area contributed by atoms with Crippen molar-refractivity contribution in [3.05, 3.63) is 29.3 Å². The molecule has 2 aliphatic heterocycles. The van der Waals surface area contributed by atoms with E-state index in [2.05, 4.69) is 10.2 Å².